The van der Waals surface area contributed by atoms with Crippen molar-refractivity contribution in [1.29, 1.82) is 0 Å². The Labute approximate surface area is 113 Å². The number of aromatic nitrogens is 4. The minimum atomic E-state index is -0.222. The predicted molar refractivity (Wildman–Crippen MR) is 73.6 cm³/mol. The molecule has 0 radical (unpaired) electrons. The van der Waals surface area contributed by atoms with Crippen molar-refractivity contribution in [2.45, 2.75) is 46.1 Å². The first-order chi connectivity index (χ1) is 8.87. The number of tetrazole rings is 1. The Hall–Kier alpha value is -1.91. The number of benzene rings is 1. The fourth-order valence-corrected chi connectivity index (χ4v) is 1.77. The number of hydrogen-bond donors (Lipinski definition) is 0. The van der Waals surface area contributed by atoms with Crippen molar-refractivity contribution in [1.82, 2.24) is 20.2 Å². The van der Waals surface area contributed by atoms with Crippen LogP contribution in [0.5, 0.6) is 5.75 Å². The van der Waals surface area contributed by atoms with Gasteiger partial charge in [-0.2, -0.15) is 4.68 Å². The third-order valence-corrected chi connectivity index (χ3v) is 2.50. The monoisotopic (exact) mass is 260 g/mol. The first kappa shape index (κ1) is 13.5. The smallest absolute Gasteiger partial charge is 0.159 e. The lowest BCUT2D eigenvalue weighted by molar-refractivity contribution is 0.131. The molecule has 2 rings (SSSR count). The van der Waals surface area contributed by atoms with Crippen molar-refractivity contribution in [3.8, 4) is 11.4 Å². The molecule has 1 aromatic carbocycles. The number of rotatable bonds is 3. The van der Waals surface area contributed by atoms with Crippen LogP contribution in [-0.2, 0) is 0 Å². The molecule has 1 aromatic heterocycles. The topological polar surface area (TPSA) is 52.8 Å². The largest absolute Gasteiger partial charge is 0.488 e. The van der Waals surface area contributed by atoms with Gasteiger partial charge in [0.25, 0.3) is 0 Å². The molecule has 0 aliphatic heterocycles. The Morgan fingerprint density at radius 2 is 1.95 bits per heavy atom. The second kappa shape index (κ2) is 4.99. The van der Waals surface area contributed by atoms with Gasteiger partial charge in [-0.15, -0.1) is 5.10 Å². The van der Waals surface area contributed by atoms with Gasteiger partial charge in [-0.3, -0.25) is 0 Å². The van der Waals surface area contributed by atoms with Crippen LogP contribution in [0.3, 0.4) is 0 Å². The van der Waals surface area contributed by atoms with Crippen LogP contribution < -0.4 is 4.74 Å². The highest BCUT2D eigenvalue weighted by atomic mass is 16.5. The lowest BCUT2D eigenvalue weighted by Crippen LogP contribution is -2.23. The van der Waals surface area contributed by atoms with E-state index in [0.29, 0.717) is 0 Å². The van der Waals surface area contributed by atoms with Crippen molar-refractivity contribution in [2.24, 2.45) is 0 Å². The van der Waals surface area contributed by atoms with Crippen LogP contribution in [0.2, 0.25) is 0 Å². The van der Waals surface area contributed by atoms with Crippen LogP contribution in [0.4, 0.5) is 0 Å². The Morgan fingerprint density at radius 1 is 1.21 bits per heavy atom. The maximum absolute atomic E-state index is 5.86. The fourth-order valence-electron chi connectivity index (χ4n) is 1.77. The van der Waals surface area contributed by atoms with Crippen molar-refractivity contribution in [3.63, 3.8) is 0 Å². The van der Waals surface area contributed by atoms with Crippen LogP contribution in [0.15, 0.2) is 24.3 Å². The van der Waals surface area contributed by atoms with Gasteiger partial charge in [0.05, 0.1) is 5.69 Å². The van der Waals surface area contributed by atoms with E-state index >= 15 is 0 Å². The Kier molecular flexibility index (Phi) is 3.55. The van der Waals surface area contributed by atoms with E-state index in [1.54, 1.807) is 4.68 Å². The molecule has 5 heteroatoms. The normalized spacial score (nSPS) is 11.9. The molecule has 2 aromatic rings. The highest BCUT2D eigenvalue weighted by Gasteiger charge is 2.15. The van der Waals surface area contributed by atoms with E-state index in [1.165, 1.54) is 0 Å². The molecule has 0 unspecified atom stereocenters. The van der Waals surface area contributed by atoms with Crippen LogP contribution >= 0.6 is 0 Å². The Balaban J connectivity index is 2.35. The third-order valence-electron chi connectivity index (χ3n) is 2.50. The summed E-state index contributed by atoms with van der Waals surface area (Å²) >= 11 is 0. The summed E-state index contributed by atoms with van der Waals surface area (Å²) in [4.78, 5) is 0. The first-order valence-electron chi connectivity index (χ1n) is 6.44. The SMILES string of the molecule is CC(C)c1nnnn1-c1cccc(OC(C)(C)C)c1. The van der Waals surface area contributed by atoms with Crippen molar-refractivity contribution in [3.05, 3.63) is 30.1 Å². The summed E-state index contributed by atoms with van der Waals surface area (Å²) in [5, 5.41) is 11.8. The lowest BCUT2D eigenvalue weighted by atomic mass is 10.2. The van der Waals surface area contributed by atoms with Gasteiger partial charge in [0.1, 0.15) is 11.4 Å². The molecule has 0 saturated carbocycles. The van der Waals surface area contributed by atoms with Gasteiger partial charge in [-0.1, -0.05) is 19.9 Å². The van der Waals surface area contributed by atoms with Gasteiger partial charge in [0.15, 0.2) is 5.82 Å². The van der Waals surface area contributed by atoms with E-state index in [4.69, 9.17) is 4.74 Å². The number of hydrogen-bond acceptors (Lipinski definition) is 4. The van der Waals surface area contributed by atoms with E-state index in [1.807, 2.05) is 45.0 Å². The highest BCUT2D eigenvalue weighted by molar-refractivity contribution is 5.39. The molecule has 0 saturated heterocycles. The van der Waals surface area contributed by atoms with Gasteiger partial charge in [-0.25, -0.2) is 0 Å². The zero-order valence-electron chi connectivity index (χ0n) is 12.1. The van der Waals surface area contributed by atoms with Crippen LogP contribution in [0, 0.1) is 0 Å². The molecule has 0 spiro atoms. The van der Waals surface area contributed by atoms with Crippen LogP contribution in [0.1, 0.15) is 46.4 Å². The van der Waals surface area contributed by atoms with Gasteiger partial charge < -0.3 is 4.74 Å². The van der Waals surface area contributed by atoms with Gasteiger partial charge in [0, 0.05) is 12.0 Å². The zero-order valence-corrected chi connectivity index (χ0v) is 12.1. The second-order valence-electron chi connectivity index (χ2n) is 5.82. The Bertz CT molecular complexity index is 555. The fraction of sp³-hybridized carbons (Fsp3) is 0.500. The van der Waals surface area contributed by atoms with Crippen molar-refractivity contribution < 1.29 is 4.74 Å². The van der Waals surface area contributed by atoms with E-state index in [-0.39, 0.29) is 11.5 Å². The summed E-state index contributed by atoms with van der Waals surface area (Å²) in [6, 6.07) is 7.81. The summed E-state index contributed by atoms with van der Waals surface area (Å²) in [5.41, 5.74) is 0.690. The average molecular weight is 260 g/mol. The standard InChI is InChI=1S/C14H20N4O/c1-10(2)13-15-16-17-18(13)11-7-6-8-12(9-11)19-14(3,4)5/h6-10H,1-5H3. The minimum Gasteiger partial charge on any atom is -0.488 e. The summed E-state index contributed by atoms with van der Waals surface area (Å²) in [6.45, 7) is 10.2. The third kappa shape index (κ3) is 3.30. The molecular formula is C14H20N4O. The van der Waals surface area contributed by atoms with Gasteiger partial charge in [-0.05, 0) is 43.3 Å². The molecule has 0 aliphatic carbocycles. The zero-order chi connectivity index (χ0) is 14.0. The lowest BCUT2D eigenvalue weighted by Gasteiger charge is -2.21. The quantitative estimate of drug-likeness (QED) is 0.851. The van der Waals surface area contributed by atoms with Crippen molar-refractivity contribution in [2.75, 3.05) is 0 Å². The second-order valence-corrected chi connectivity index (χ2v) is 5.82. The molecule has 0 N–H and O–H groups in total. The average Bonchev–Trinajstić information content (AvgIpc) is 2.75. The van der Waals surface area contributed by atoms with Crippen LogP contribution in [-0.4, -0.2) is 25.8 Å². The van der Waals surface area contributed by atoms with Crippen LogP contribution in [0.25, 0.3) is 5.69 Å². The summed E-state index contributed by atoms with van der Waals surface area (Å²) in [5.74, 6) is 1.92. The number of nitrogens with zero attached hydrogens (tertiary/aromatic N) is 4. The molecule has 0 fully saturated rings. The van der Waals surface area contributed by atoms with Crippen molar-refractivity contribution >= 4 is 0 Å². The molecule has 0 bridgehead atoms. The van der Waals surface area contributed by atoms with E-state index in [9.17, 15) is 0 Å². The minimum absolute atomic E-state index is 0.222. The predicted octanol–water partition coefficient (Wildman–Crippen LogP) is 2.96. The van der Waals surface area contributed by atoms with E-state index in [0.717, 1.165) is 17.3 Å². The highest BCUT2D eigenvalue weighted by Crippen LogP contribution is 2.22. The van der Waals surface area contributed by atoms with Gasteiger partial charge >= 0.3 is 0 Å². The molecule has 0 aliphatic rings. The molecule has 0 atom stereocenters. The maximum atomic E-state index is 5.86. The summed E-state index contributed by atoms with van der Waals surface area (Å²) in [6.07, 6.45) is 0. The van der Waals surface area contributed by atoms with Gasteiger partial charge in [0.2, 0.25) is 0 Å². The molecule has 102 valence electrons. The molecule has 0 amide bonds. The number of ether oxygens (including phenoxy) is 1. The first-order valence-corrected chi connectivity index (χ1v) is 6.44. The van der Waals surface area contributed by atoms with E-state index in [2.05, 4.69) is 29.4 Å². The Morgan fingerprint density at radius 3 is 2.58 bits per heavy atom. The molecular weight excluding hydrogens is 240 g/mol. The maximum Gasteiger partial charge on any atom is 0.159 e. The van der Waals surface area contributed by atoms with E-state index < -0.39 is 0 Å². The summed E-state index contributed by atoms with van der Waals surface area (Å²) in [7, 11) is 0. The molecule has 19 heavy (non-hydrogen) atoms. The molecule has 5 nitrogen and oxygen atoms in total. The molecule has 1 heterocycles. The summed E-state index contributed by atoms with van der Waals surface area (Å²) < 4.78 is 7.61.